The summed E-state index contributed by atoms with van der Waals surface area (Å²) >= 11 is 0. The van der Waals surface area contributed by atoms with E-state index in [1.165, 1.54) is 38.5 Å². The summed E-state index contributed by atoms with van der Waals surface area (Å²) in [6.07, 6.45) is 13.1. The molecule has 2 atom stereocenters. The van der Waals surface area contributed by atoms with E-state index in [2.05, 4.69) is 26.0 Å². The van der Waals surface area contributed by atoms with Crippen molar-refractivity contribution in [2.24, 2.45) is 11.8 Å². The lowest BCUT2D eigenvalue weighted by atomic mass is 9.81. The van der Waals surface area contributed by atoms with Crippen molar-refractivity contribution in [2.75, 3.05) is 0 Å². The van der Waals surface area contributed by atoms with Crippen molar-refractivity contribution in [1.82, 2.24) is 0 Å². The Morgan fingerprint density at radius 1 is 1.25 bits per heavy atom. The fraction of sp³-hybridized carbons (Fsp3) is 0.833. The first kappa shape index (κ1) is 9.83. The third-order valence-corrected chi connectivity index (χ3v) is 2.92. The van der Waals surface area contributed by atoms with Crippen LogP contribution in [0.25, 0.3) is 0 Å². The Morgan fingerprint density at radius 3 is 2.75 bits per heavy atom. The van der Waals surface area contributed by atoms with E-state index in [0.29, 0.717) is 0 Å². The molecule has 0 heteroatoms. The van der Waals surface area contributed by atoms with Crippen LogP contribution in [0.15, 0.2) is 12.2 Å². The van der Waals surface area contributed by atoms with Gasteiger partial charge < -0.3 is 0 Å². The molecule has 0 N–H and O–H groups in total. The van der Waals surface area contributed by atoms with Gasteiger partial charge in [-0.1, -0.05) is 45.3 Å². The summed E-state index contributed by atoms with van der Waals surface area (Å²) in [6.45, 7) is 4.61. The number of allylic oxidation sites excluding steroid dienone is 2. The second kappa shape index (κ2) is 5.40. The summed E-state index contributed by atoms with van der Waals surface area (Å²) in [7, 11) is 0. The molecule has 0 nitrogen and oxygen atoms in total. The second-order valence-corrected chi connectivity index (χ2v) is 4.25. The van der Waals surface area contributed by atoms with Gasteiger partial charge in [0.1, 0.15) is 0 Å². The summed E-state index contributed by atoms with van der Waals surface area (Å²) in [5.74, 6) is 1.98. The van der Waals surface area contributed by atoms with Crippen LogP contribution in [-0.2, 0) is 0 Å². The highest BCUT2D eigenvalue weighted by Gasteiger charge is 2.16. The van der Waals surface area contributed by atoms with Gasteiger partial charge in [-0.3, -0.25) is 0 Å². The molecule has 1 aliphatic rings. The molecule has 0 aliphatic heterocycles. The maximum Gasteiger partial charge on any atom is -0.0322 e. The fourth-order valence-corrected chi connectivity index (χ4v) is 2.23. The average Bonchev–Trinajstić information content (AvgIpc) is 2.05. The first-order valence-corrected chi connectivity index (χ1v) is 5.48. The first-order valence-electron chi connectivity index (χ1n) is 5.48. The Bertz CT molecular complexity index is 135. The molecule has 0 radical (unpaired) electrons. The SMILES string of the molecule is CCC=CCC1CCCC(C)C1. The molecule has 1 saturated carbocycles. The van der Waals surface area contributed by atoms with E-state index in [-0.39, 0.29) is 0 Å². The highest BCUT2D eigenvalue weighted by atomic mass is 14.2. The van der Waals surface area contributed by atoms with Crippen LogP contribution >= 0.6 is 0 Å². The lowest BCUT2D eigenvalue weighted by Gasteiger charge is -2.25. The van der Waals surface area contributed by atoms with Crippen LogP contribution in [0.4, 0.5) is 0 Å². The van der Waals surface area contributed by atoms with Crippen LogP contribution in [0.1, 0.15) is 52.4 Å². The molecule has 0 aromatic carbocycles. The monoisotopic (exact) mass is 166 g/mol. The molecular formula is C12H22. The van der Waals surface area contributed by atoms with Gasteiger partial charge in [0.05, 0.1) is 0 Å². The minimum absolute atomic E-state index is 0.985. The average molecular weight is 166 g/mol. The third-order valence-electron chi connectivity index (χ3n) is 2.92. The van der Waals surface area contributed by atoms with Crippen molar-refractivity contribution < 1.29 is 0 Å². The topological polar surface area (TPSA) is 0 Å². The maximum atomic E-state index is 2.40. The van der Waals surface area contributed by atoms with Crippen LogP contribution in [0.3, 0.4) is 0 Å². The summed E-state index contributed by atoms with van der Waals surface area (Å²) in [5.41, 5.74) is 0. The van der Waals surface area contributed by atoms with Gasteiger partial charge in [0.2, 0.25) is 0 Å². The predicted molar refractivity (Wildman–Crippen MR) is 55.2 cm³/mol. The Labute approximate surface area is 77.1 Å². The zero-order chi connectivity index (χ0) is 8.81. The summed E-state index contributed by atoms with van der Waals surface area (Å²) < 4.78 is 0. The number of hydrogen-bond donors (Lipinski definition) is 0. The molecule has 1 aliphatic carbocycles. The highest BCUT2D eigenvalue weighted by molar-refractivity contribution is 4.84. The molecule has 1 fully saturated rings. The van der Waals surface area contributed by atoms with E-state index in [1.54, 1.807) is 0 Å². The second-order valence-electron chi connectivity index (χ2n) is 4.25. The van der Waals surface area contributed by atoms with Crippen molar-refractivity contribution in [1.29, 1.82) is 0 Å². The molecule has 0 aromatic heterocycles. The normalized spacial score (nSPS) is 31.2. The molecule has 1 rings (SSSR count). The van der Waals surface area contributed by atoms with Gasteiger partial charge in [0.15, 0.2) is 0 Å². The van der Waals surface area contributed by atoms with Crippen LogP contribution in [0, 0.1) is 11.8 Å². The van der Waals surface area contributed by atoms with Crippen molar-refractivity contribution in [3.63, 3.8) is 0 Å². The quantitative estimate of drug-likeness (QED) is 0.552. The van der Waals surface area contributed by atoms with E-state index in [4.69, 9.17) is 0 Å². The number of rotatable bonds is 3. The number of hydrogen-bond acceptors (Lipinski definition) is 0. The molecule has 0 heterocycles. The smallest absolute Gasteiger partial charge is 0.0322 e. The third kappa shape index (κ3) is 3.42. The molecule has 0 aromatic rings. The van der Waals surface area contributed by atoms with Crippen LogP contribution in [-0.4, -0.2) is 0 Å². The van der Waals surface area contributed by atoms with Gasteiger partial charge in [-0.05, 0) is 31.1 Å². The molecular weight excluding hydrogens is 144 g/mol. The van der Waals surface area contributed by atoms with Crippen LogP contribution < -0.4 is 0 Å². The molecule has 12 heavy (non-hydrogen) atoms. The highest BCUT2D eigenvalue weighted by Crippen LogP contribution is 2.30. The Hall–Kier alpha value is -0.260. The molecule has 2 unspecified atom stereocenters. The Kier molecular flexibility index (Phi) is 4.42. The zero-order valence-corrected chi connectivity index (χ0v) is 8.55. The van der Waals surface area contributed by atoms with Crippen LogP contribution in [0.5, 0.6) is 0 Å². The summed E-state index contributed by atoms with van der Waals surface area (Å²) in [4.78, 5) is 0. The fourth-order valence-electron chi connectivity index (χ4n) is 2.23. The van der Waals surface area contributed by atoms with Gasteiger partial charge in [-0.25, -0.2) is 0 Å². The predicted octanol–water partition coefficient (Wildman–Crippen LogP) is 4.17. The van der Waals surface area contributed by atoms with Crippen molar-refractivity contribution >= 4 is 0 Å². The minimum Gasteiger partial charge on any atom is -0.0888 e. The lowest BCUT2D eigenvalue weighted by Crippen LogP contribution is -2.12. The molecule has 0 spiro atoms. The molecule has 0 bridgehead atoms. The maximum absolute atomic E-state index is 2.40. The largest absolute Gasteiger partial charge is 0.0888 e. The van der Waals surface area contributed by atoms with Gasteiger partial charge in [-0.2, -0.15) is 0 Å². The van der Waals surface area contributed by atoms with Gasteiger partial charge in [-0.15, -0.1) is 0 Å². The molecule has 0 amide bonds. The van der Waals surface area contributed by atoms with Gasteiger partial charge >= 0.3 is 0 Å². The summed E-state index contributed by atoms with van der Waals surface area (Å²) in [6, 6.07) is 0. The van der Waals surface area contributed by atoms with E-state index in [1.807, 2.05) is 0 Å². The first-order chi connectivity index (χ1) is 5.83. The van der Waals surface area contributed by atoms with E-state index < -0.39 is 0 Å². The zero-order valence-electron chi connectivity index (χ0n) is 8.55. The van der Waals surface area contributed by atoms with E-state index >= 15 is 0 Å². The van der Waals surface area contributed by atoms with Crippen molar-refractivity contribution in [3.05, 3.63) is 12.2 Å². The van der Waals surface area contributed by atoms with Gasteiger partial charge in [0.25, 0.3) is 0 Å². The van der Waals surface area contributed by atoms with E-state index in [9.17, 15) is 0 Å². The van der Waals surface area contributed by atoms with E-state index in [0.717, 1.165) is 11.8 Å². The summed E-state index contributed by atoms with van der Waals surface area (Å²) in [5, 5.41) is 0. The Morgan fingerprint density at radius 2 is 2.08 bits per heavy atom. The molecule has 70 valence electrons. The molecule has 0 saturated heterocycles. The lowest BCUT2D eigenvalue weighted by molar-refractivity contribution is 0.284. The minimum atomic E-state index is 0.985. The standard InChI is InChI=1S/C12H22/c1-3-4-5-8-12-9-6-7-11(2)10-12/h4-5,11-12H,3,6-10H2,1-2H3. The van der Waals surface area contributed by atoms with Crippen molar-refractivity contribution in [3.8, 4) is 0 Å². The Balaban J connectivity index is 2.18. The van der Waals surface area contributed by atoms with Crippen LogP contribution in [0.2, 0.25) is 0 Å². The van der Waals surface area contributed by atoms with Gasteiger partial charge in [0, 0.05) is 0 Å². The van der Waals surface area contributed by atoms with Crippen molar-refractivity contribution in [2.45, 2.75) is 52.4 Å².